The number of aromatic nitrogens is 3. The molecule has 0 saturated carbocycles. The van der Waals surface area contributed by atoms with Gasteiger partial charge in [0.15, 0.2) is 5.82 Å². The Morgan fingerprint density at radius 1 is 1.16 bits per heavy atom. The summed E-state index contributed by atoms with van der Waals surface area (Å²) in [6.07, 6.45) is 3.23. The number of nitrogens with one attached hydrogen (secondary N) is 1. The minimum Gasteiger partial charge on any atom is -0.350 e. The van der Waals surface area contributed by atoms with Crippen LogP contribution in [0.2, 0.25) is 0 Å². The van der Waals surface area contributed by atoms with E-state index in [1.165, 1.54) is 0 Å². The molecule has 4 rings (SSSR count). The summed E-state index contributed by atoms with van der Waals surface area (Å²) in [5.41, 5.74) is 3.44. The first-order valence-electron chi connectivity index (χ1n) is 10.2. The number of likely N-dealkylation sites (tertiary alicyclic amines) is 1. The van der Waals surface area contributed by atoms with Crippen LogP contribution in [0.1, 0.15) is 40.2 Å². The lowest BCUT2D eigenvalue weighted by molar-refractivity contribution is -0.125. The lowest BCUT2D eigenvalue weighted by Gasteiger charge is -2.24. The fourth-order valence-corrected chi connectivity index (χ4v) is 4.12. The van der Waals surface area contributed by atoms with Crippen LogP contribution in [-0.4, -0.2) is 44.1 Å². The van der Waals surface area contributed by atoms with E-state index in [2.05, 4.69) is 31.3 Å². The molecule has 160 valence electrons. The molecule has 2 aromatic heterocycles. The normalized spacial score (nSPS) is 15.8. The fourth-order valence-electron chi connectivity index (χ4n) is 3.86. The van der Waals surface area contributed by atoms with Crippen molar-refractivity contribution in [1.82, 2.24) is 25.0 Å². The molecule has 1 saturated heterocycles. The zero-order valence-electron chi connectivity index (χ0n) is 17.5. The van der Waals surface area contributed by atoms with Gasteiger partial charge in [0, 0.05) is 35.0 Å². The quantitative estimate of drug-likeness (QED) is 0.603. The average molecular weight is 482 g/mol. The van der Waals surface area contributed by atoms with Gasteiger partial charge in [0.1, 0.15) is 6.04 Å². The molecule has 2 amide bonds. The van der Waals surface area contributed by atoms with Crippen molar-refractivity contribution in [2.75, 3.05) is 6.54 Å². The molecule has 0 radical (unpaired) electrons. The first-order valence-corrected chi connectivity index (χ1v) is 11.0. The highest BCUT2D eigenvalue weighted by Crippen LogP contribution is 2.21. The third kappa shape index (κ3) is 4.69. The van der Waals surface area contributed by atoms with Crippen molar-refractivity contribution in [3.63, 3.8) is 0 Å². The van der Waals surface area contributed by atoms with Crippen LogP contribution in [0.25, 0.3) is 5.82 Å². The van der Waals surface area contributed by atoms with Crippen LogP contribution in [0.5, 0.6) is 0 Å². The van der Waals surface area contributed by atoms with E-state index in [-0.39, 0.29) is 11.8 Å². The first kappa shape index (κ1) is 21.2. The maximum Gasteiger partial charge on any atom is 0.254 e. The number of nitrogens with zero attached hydrogens (tertiary/aromatic N) is 4. The molecule has 3 heterocycles. The number of halogens is 1. The number of benzene rings is 1. The molecule has 1 aliphatic heterocycles. The Balaban J connectivity index is 1.38. The van der Waals surface area contributed by atoms with Crippen molar-refractivity contribution in [2.45, 2.75) is 39.3 Å². The highest BCUT2D eigenvalue weighted by Gasteiger charge is 2.34. The first-order chi connectivity index (χ1) is 14.9. The molecule has 7 nitrogen and oxygen atoms in total. The van der Waals surface area contributed by atoms with Gasteiger partial charge in [-0.15, -0.1) is 0 Å². The van der Waals surface area contributed by atoms with Gasteiger partial charge in [-0.25, -0.2) is 9.67 Å². The summed E-state index contributed by atoms with van der Waals surface area (Å²) in [7, 11) is 0. The highest BCUT2D eigenvalue weighted by molar-refractivity contribution is 9.10. The summed E-state index contributed by atoms with van der Waals surface area (Å²) in [5, 5.41) is 7.39. The van der Waals surface area contributed by atoms with E-state index in [0.717, 1.165) is 33.7 Å². The third-order valence-electron chi connectivity index (χ3n) is 5.41. The average Bonchev–Trinajstić information content (AvgIpc) is 3.39. The van der Waals surface area contributed by atoms with Crippen LogP contribution in [0.4, 0.5) is 0 Å². The molecule has 0 aliphatic carbocycles. The molecule has 1 aliphatic rings. The van der Waals surface area contributed by atoms with Crippen LogP contribution in [0.3, 0.4) is 0 Å². The lowest BCUT2D eigenvalue weighted by atomic mass is 10.1. The molecule has 1 unspecified atom stereocenters. The van der Waals surface area contributed by atoms with Crippen molar-refractivity contribution in [2.24, 2.45) is 0 Å². The highest BCUT2D eigenvalue weighted by atomic mass is 79.9. The Bertz CT molecular complexity index is 1090. The monoisotopic (exact) mass is 481 g/mol. The van der Waals surface area contributed by atoms with Gasteiger partial charge in [0.05, 0.1) is 5.69 Å². The van der Waals surface area contributed by atoms with Crippen molar-refractivity contribution in [3.05, 3.63) is 75.6 Å². The van der Waals surface area contributed by atoms with E-state index in [4.69, 9.17) is 0 Å². The van der Waals surface area contributed by atoms with Crippen LogP contribution >= 0.6 is 15.9 Å². The van der Waals surface area contributed by atoms with Crippen molar-refractivity contribution >= 4 is 27.7 Å². The minimum atomic E-state index is -0.446. The summed E-state index contributed by atoms with van der Waals surface area (Å²) in [5.74, 6) is 0.495. The Labute approximate surface area is 189 Å². The van der Waals surface area contributed by atoms with Gasteiger partial charge in [-0.3, -0.25) is 9.59 Å². The molecule has 1 atom stereocenters. The number of hydrogen-bond donors (Lipinski definition) is 1. The van der Waals surface area contributed by atoms with Crippen LogP contribution in [-0.2, 0) is 11.3 Å². The van der Waals surface area contributed by atoms with E-state index in [1.807, 2.05) is 44.2 Å². The Hall–Kier alpha value is -3.00. The second-order valence-corrected chi connectivity index (χ2v) is 8.66. The van der Waals surface area contributed by atoms with Gasteiger partial charge in [-0.2, -0.15) is 5.10 Å². The number of carbonyl (C=O) groups excluding carboxylic acids is 2. The number of hydrogen-bond acceptors (Lipinski definition) is 4. The molecular weight excluding hydrogens is 458 g/mol. The zero-order chi connectivity index (χ0) is 22.0. The molecule has 0 spiro atoms. The van der Waals surface area contributed by atoms with Gasteiger partial charge in [0.25, 0.3) is 5.91 Å². The Morgan fingerprint density at radius 3 is 2.58 bits per heavy atom. The standard InChI is InChI=1S/C23H24BrN5O2/c1-15-12-16(2)29(27-15)21-10-5-17(13-25-21)14-26-22(30)20-4-3-11-28(20)23(31)18-6-8-19(24)9-7-18/h5-10,12-13,20H,3-4,11,14H2,1-2H3,(H,26,30). The number of pyridine rings is 1. The smallest absolute Gasteiger partial charge is 0.254 e. The largest absolute Gasteiger partial charge is 0.350 e. The van der Waals surface area contributed by atoms with Gasteiger partial charge in [0.2, 0.25) is 5.91 Å². The van der Waals surface area contributed by atoms with Crippen LogP contribution in [0.15, 0.2) is 53.1 Å². The van der Waals surface area contributed by atoms with Gasteiger partial charge in [-0.1, -0.05) is 22.0 Å². The van der Waals surface area contributed by atoms with E-state index in [9.17, 15) is 9.59 Å². The summed E-state index contributed by atoms with van der Waals surface area (Å²) < 4.78 is 2.71. The zero-order valence-corrected chi connectivity index (χ0v) is 19.1. The lowest BCUT2D eigenvalue weighted by Crippen LogP contribution is -2.45. The van der Waals surface area contributed by atoms with Crippen molar-refractivity contribution in [1.29, 1.82) is 0 Å². The maximum absolute atomic E-state index is 12.9. The number of carbonyl (C=O) groups is 2. The molecule has 8 heteroatoms. The third-order valence-corrected chi connectivity index (χ3v) is 5.94. The van der Waals surface area contributed by atoms with Crippen molar-refractivity contribution in [3.8, 4) is 5.82 Å². The summed E-state index contributed by atoms with van der Waals surface area (Å²) in [6, 6.07) is 12.6. The molecule has 1 aromatic carbocycles. The van der Waals surface area contributed by atoms with Gasteiger partial charge >= 0.3 is 0 Å². The number of aryl methyl sites for hydroxylation is 2. The SMILES string of the molecule is Cc1cc(C)n(-c2ccc(CNC(=O)C3CCCN3C(=O)c3ccc(Br)cc3)cn2)n1. The summed E-state index contributed by atoms with van der Waals surface area (Å²) >= 11 is 3.38. The van der Waals surface area contributed by atoms with E-state index in [0.29, 0.717) is 25.1 Å². The molecule has 31 heavy (non-hydrogen) atoms. The van der Waals surface area contributed by atoms with Crippen LogP contribution < -0.4 is 5.32 Å². The van der Waals surface area contributed by atoms with E-state index in [1.54, 1.807) is 27.9 Å². The summed E-state index contributed by atoms with van der Waals surface area (Å²) in [4.78, 5) is 31.8. The maximum atomic E-state index is 12.9. The number of amides is 2. The molecule has 1 N–H and O–H groups in total. The Morgan fingerprint density at radius 2 is 1.94 bits per heavy atom. The second kappa shape index (κ2) is 9.01. The molecule has 1 fully saturated rings. The molecule has 3 aromatic rings. The predicted octanol–water partition coefficient (Wildman–Crippen LogP) is 3.57. The Kier molecular flexibility index (Phi) is 6.18. The number of rotatable bonds is 5. The predicted molar refractivity (Wildman–Crippen MR) is 121 cm³/mol. The van der Waals surface area contributed by atoms with Gasteiger partial charge in [-0.05, 0) is 68.7 Å². The van der Waals surface area contributed by atoms with Gasteiger partial charge < -0.3 is 10.2 Å². The van der Waals surface area contributed by atoms with E-state index >= 15 is 0 Å². The van der Waals surface area contributed by atoms with E-state index < -0.39 is 6.04 Å². The second-order valence-electron chi connectivity index (χ2n) is 7.74. The molecule has 0 bridgehead atoms. The molecular formula is C23H24BrN5O2. The fraction of sp³-hybridized carbons (Fsp3) is 0.304. The van der Waals surface area contributed by atoms with Crippen LogP contribution in [0, 0.1) is 13.8 Å². The van der Waals surface area contributed by atoms with Crippen molar-refractivity contribution < 1.29 is 9.59 Å². The summed E-state index contributed by atoms with van der Waals surface area (Å²) in [6.45, 7) is 4.88. The minimum absolute atomic E-state index is 0.110. The topological polar surface area (TPSA) is 80.1 Å².